The van der Waals surface area contributed by atoms with Crippen molar-refractivity contribution >= 4 is 11.6 Å². The van der Waals surface area contributed by atoms with Crippen LogP contribution in [0.1, 0.15) is 38.6 Å². The van der Waals surface area contributed by atoms with Crippen molar-refractivity contribution in [1.29, 1.82) is 0 Å². The van der Waals surface area contributed by atoms with Gasteiger partial charge in [-0.15, -0.1) is 0 Å². The first kappa shape index (κ1) is 12.7. The molecule has 4 nitrogen and oxygen atoms in total. The smallest absolute Gasteiger partial charge is 0.137 e. The Morgan fingerprint density at radius 2 is 1.75 bits per heavy atom. The Kier molecular flexibility index (Phi) is 4.52. The van der Waals surface area contributed by atoms with Gasteiger partial charge in [0.05, 0.1) is 0 Å². The third-order valence-corrected chi connectivity index (χ3v) is 2.74. The minimum absolute atomic E-state index is 0.611. The lowest BCUT2D eigenvalue weighted by atomic mass is 10.2. The van der Waals surface area contributed by atoms with Crippen LogP contribution >= 0.6 is 0 Å². The van der Waals surface area contributed by atoms with Crippen molar-refractivity contribution in [1.82, 2.24) is 9.97 Å². The molecule has 0 spiro atoms. The zero-order valence-electron chi connectivity index (χ0n) is 10.7. The lowest BCUT2D eigenvalue weighted by molar-refractivity contribution is 0.793. The van der Waals surface area contributed by atoms with Crippen molar-refractivity contribution in [3.05, 3.63) is 11.4 Å². The maximum atomic E-state index is 5.92. The highest BCUT2D eigenvalue weighted by atomic mass is 15.2. The normalized spacial score (nSPS) is 10.5. The molecular formula is C12H22N4. The van der Waals surface area contributed by atoms with Crippen LogP contribution in [0.15, 0.2) is 0 Å². The van der Waals surface area contributed by atoms with E-state index in [1.54, 1.807) is 0 Å². The molecule has 0 unspecified atom stereocenters. The molecule has 1 rings (SSSR count). The van der Waals surface area contributed by atoms with E-state index in [4.69, 9.17) is 5.73 Å². The SMILES string of the molecule is CCCc1nc(N)c(C)c(N(CC)CC)n1. The molecular weight excluding hydrogens is 200 g/mol. The van der Waals surface area contributed by atoms with Crippen molar-refractivity contribution in [3.63, 3.8) is 0 Å². The van der Waals surface area contributed by atoms with E-state index in [9.17, 15) is 0 Å². The fourth-order valence-corrected chi connectivity index (χ4v) is 1.73. The fourth-order valence-electron chi connectivity index (χ4n) is 1.73. The molecule has 0 aliphatic heterocycles. The van der Waals surface area contributed by atoms with Crippen LogP contribution in [0.25, 0.3) is 0 Å². The molecule has 0 saturated heterocycles. The Hall–Kier alpha value is -1.32. The zero-order valence-corrected chi connectivity index (χ0v) is 10.7. The molecule has 0 aromatic carbocycles. The number of hydrogen-bond donors (Lipinski definition) is 1. The third-order valence-electron chi connectivity index (χ3n) is 2.74. The van der Waals surface area contributed by atoms with Gasteiger partial charge in [-0.3, -0.25) is 0 Å². The molecule has 90 valence electrons. The Labute approximate surface area is 97.9 Å². The van der Waals surface area contributed by atoms with E-state index in [-0.39, 0.29) is 0 Å². The van der Waals surface area contributed by atoms with E-state index in [2.05, 4.69) is 35.6 Å². The second kappa shape index (κ2) is 5.68. The second-order valence-corrected chi connectivity index (χ2v) is 3.90. The van der Waals surface area contributed by atoms with Crippen LogP contribution in [0.2, 0.25) is 0 Å². The summed E-state index contributed by atoms with van der Waals surface area (Å²) in [5.74, 6) is 2.45. The van der Waals surface area contributed by atoms with E-state index < -0.39 is 0 Å². The Balaban J connectivity index is 3.14. The van der Waals surface area contributed by atoms with Crippen LogP contribution < -0.4 is 10.6 Å². The molecule has 0 atom stereocenters. The van der Waals surface area contributed by atoms with Crippen LogP contribution in [-0.2, 0) is 6.42 Å². The maximum absolute atomic E-state index is 5.92. The standard InChI is InChI=1S/C12H22N4/c1-5-8-10-14-11(13)9(4)12(15-10)16(6-2)7-3/h5-8H2,1-4H3,(H2,13,14,15). The minimum atomic E-state index is 0.611. The summed E-state index contributed by atoms with van der Waals surface area (Å²) in [6, 6.07) is 0. The summed E-state index contributed by atoms with van der Waals surface area (Å²) in [7, 11) is 0. The average molecular weight is 222 g/mol. The highest BCUT2D eigenvalue weighted by molar-refractivity contribution is 5.56. The summed E-state index contributed by atoms with van der Waals surface area (Å²) in [6.45, 7) is 10.2. The largest absolute Gasteiger partial charge is 0.383 e. The Morgan fingerprint density at radius 3 is 2.25 bits per heavy atom. The molecule has 16 heavy (non-hydrogen) atoms. The number of aryl methyl sites for hydroxylation is 1. The first-order valence-corrected chi connectivity index (χ1v) is 6.01. The highest BCUT2D eigenvalue weighted by Crippen LogP contribution is 2.21. The number of anilines is 2. The number of hydrogen-bond acceptors (Lipinski definition) is 4. The van der Waals surface area contributed by atoms with E-state index in [0.717, 1.165) is 43.1 Å². The summed E-state index contributed by atoms with van der Waals surface area (Å²) in [6.07, 6.45) is 1.93. The van der Waals surface area contributed by atoms with E-state index in [0.29, 0.717) is 5.82 Å². The van der Waals surface area contributed by atoms with Gasteiger partial charge in [-0.2, -0.15) is 0 Å². The van der Waals surface area contributed by atoms with E-state index >= 15 is 0 Å². The van der Waals surface area contributed by atoms with Gasteiger partial charge in [0.1, 0.15) is 17.5 Å². The molecule has 1 aromatic rings. The molecule has 0 aliphatic carbocycles. The average Bonchev–Trinajstić information content (AvgIpc) is 2.27. The third kappa shape index (κ3) is 2.62. The van der Waals surface area contributed by atoms with E-state index in [1.807, 2.05) is 6.92 Å². The monoisotopic (exact) mass is 222 g/mol. The van der Waals surface area contributed by atoms with Crippen LogP contribution in [0.5, 0.6) is 0 Å². The lowest BCUT2D eigenvalue weighted by Crippen LogP contribution is -2.25. The van der Waals surface area contributed by atoms with Gasteiger partial charge in [-0.25, -0.2) is 9.97 Å². The summed E-state index contributed by atoms with van der Waals surface area (Å²) in [4.78, 5) is 11.1. The van der Waals surface area contributed by atoms with Crippen molar-refractivity contribution in [3.8, 4) is 0 Å². The molecule has 1 aromatic heterocycles. The molecule has 0 radical (unpaired) electrons. The molecule has 4 heteroatoms. The van der Waals surface area contributed by atoms with Crippen molar-refractivity contribution in [2.45, 2.75) is 40.5 Å². The van der Waals surface area contributed by atoms with E-state index in [1.165, 1.54) is 0 Å². The van der Waals surface area contributed by atoms with Gasteiger partial charge in [-0.05, 0) is 27.2 Å². The fraction of sp³-hybridized carbons (Fsp3) is 0.667. The predicted molar refractivity (Wildman–Crippen MR) is 68.7 cm³/mol. The van der Waals surface area contributed by atoms with Gasteiger partial charge in [-0.1, -0.05) is 6.92 Å². The minimum Gasteiger partial charge on any atom is -0.383 e. The van der Waals surface area contributed by atoms with Gasteiger partial charge in [0.2, 0.25) is 0 Å². The van der Waals surface area contributed by atoms with Crippen LogP contribution in [-0.4, -0.2) is 23.1 Å². The topological polar surface area (TPSA) is 55.0 Å². The highest BCUT2D eigenvalue weighted by Gasteiger charge is 2.12. The van der Waals surface area contributed by atoms with Gasteiger partial charge >= 0.3 is 0 Å². The van der Waals surface area contributed by atoms with Crippen LogP contribution in [0, 0.1) is 6.92 Å². The molecule has 0 fully saturated rings. The summed E-state index contributed by atoms with van der Waals surface area (Å²) in [5.41, 5.74) is 6.91. The van der Waals surface area contributed by atoms with Crippen molar-refractivity contribution < 1.29 is 0 Å². The number of aromatic nitrogens is 2. The summed E-state index contributed by atoms with van der Waals surface area (Å²) >= 11 is 0. The number of nitrogens with zero attached hydrogens (tertiary/aromatic N) is 3. The molecule has 0 bridgehead atoms. The van der Waals surface area contributed by atoms with Gasteiger partial charge < -0.3 is 10.6 Å². The Bertz CT molecular complexity index is 345. The second-order valence-electron chi connectivity index (χ2n) is 3.90. The zero-order chi connectivity index (χ0) is 12.1. The van der Waals surface area contributed by atoms with Gasteiger partial charge in [0.25, 0.3) is 0 Å². The molecule has 0 aliphatic rings. The number of rotatable bonds is 5. The molecule has 1 heterocycles. The van der Waals surface area contributed by atoms with Crippen LogP contribution in [0.3, 0.4) is 0 Å². The number of nitrogens with two attached hydrogens (primary N) is 1. The van der Waals surface area contributed by atoms with Gasteiger partial charge in [0.15, 0.2) is 0 Å². The van der Waals surface area contributed by atoms with Crippen molar-refractivity contribution in [2.24, 2.45) is 0 Å². The Morgan fingerprint density at radius 1 is 1.12 bits per heavy atom. The predicted octanol–water partition coefficient (Wildman–Crippen LogP) is 2.17. The molecule has 0 amide bonds. The first-order valence-electron chi connectivity index (χ1n) is 6.01. The summed E-state index contributed by atoms with van der Waals surface area (Å²) < 4.78 is 0. The lowest BCUT2D eigenvalue weighted by Gasteiger charge is -2.22. The number of nitrogen functional groups attached to an aromatic ring is 1. The first-order chi connectivity index (χ1) is 7.63. The van der Waals surface area contributed by atoms with Crippen LogP contribution in [0.4, 0.5) is 11.6 Å². The van der Waals surface area contributed by atoms with Gasteiger partial charge in [0, 0.05) is 25.1 Å². The molecule has 0 saturated carbocycles. The molecule has 2 N–H and O–H groups in total. The van der Waals surface area contributed by atoms with Crippen molar-refractivity contribution in [2.75, 3.05) is 23.7 Å². The quantitative estimate of drug-likeness (QED) is 0.829. The maximum Gasteiger partial charge on any atom is 0.137 e. The summed E-state index contributed by atoms with van der Waals surface area (Å²) in [5, 5.41) is 0.